The van der Waals surface area contributed by atoms with E-state index in [0.717, 1.165) is 6.42 Å². The molecule has 5 heteroatoms. The van der Waals surface area contributed by atoms with E-state index in [-0.39, 0.29) is 29.4 Å². The predicted octanol–water partition coefficient (Wildman–Crippen LogP) is 2.19. The van der Waals surface area contributed by atoms with Gasteiger partial charge in [0.15, 0.2) is 5.78 Å². The first kappa shape index (κ1) is 14.5. The molecule has 2 aliphatic rings. The zero-order valence-electron chi connectivity index (χ0n) is 12.2. The number of amides is 1. The van der Waals surface area contributed by atoms with Crippen LogP contribution in [0, 0.1) is 17.8 Å². The Hall–Kier alpha value is -2.43. The van der Waals surface area contributed by atoms with Gasteiger partial charge in [0, 0.05) is 17.2 Å². The SMILES string of the molecule is CC(=O)c1cccc(NC(=O)[C@H]2[C@@H](OC=O)[C@H]3C=C[C@@H]2C3)c1. The second-order valence-corrected chi connectivity index (χ2v) is 5.80. The molecule has 0 heterocycles. The van der Waals surface area contributed by atoms with Crippen LogP contribution in [-0.2, 0) is 14.3 Å². The number of hydrogen-bond donors (Lipinski definition) is 1. The standard InChI is InChI=1S/C17H17NO4/c1-10(20)11-3-2-4-14(8-11)18-17(21)15-12-5-6-13(7-12)16(15)22-9-19/h2-6,8-9,12-13,15-16H,7H2,1H3,(H,18,21)/t12-,13+,15-,16+/m1/s1. The van der Waals surface area contributed by atoms with Crippen LogP contribution in [0.2, 0.25) is 0 Å². The van der Waals surface area contributed by atoms with Crippen LogP contribution in [0.3, 0.4) is 0 Å². The van der Waals surface area contributed by atoms with Gasteiger partial charge in [0.2, 0.25) is 5.91 Å². The van der Waals surface area contributed by atoms with E-state index < -0.39 is 6.10 Å². The molecule has 2 aliphatic carbocycles. The summed E-state index contributed by atoms with van der Waals surface area (Å²) < 4.78 is 5.12. The van der Waals surface area contributed by atoms with Gasteiger partial charge in [0.25, 0.3) is 6.47 Å². The molecule has 22 heavy (non-hydrogen) atoms. The molecule has 0 saturated heterocycles. The maximum atomic E-state index is 12.5. The van der Waals surface area contributed by atoms with Crippen molar-refractivity contribution < 1.29 is 19.1 Å². The maximum Gasteiger partial charge on any atom is 0.293 e. The lowest BCUT2D eigenvalue weighted by Gasteiger charge is -2.25. The Labute approximate surface area is 128 Å². The van der Waals surface area contributed by atoms with Gasteiger partial charge in [-0.1, -0.05) is 24.3 Å². The largest absolute Gasteiger partial charge is 0.463 e. The minimum Gasteiger partial charge on any atom is -0.463 e. The van der Waals surface area contributed by atoms with Crippen molar-refractivity contribution in [3.63, 3.8) is 0 Å². The summed E-state index contributed by atoms with van der Waals surface area (Å²) in [7, 11) is 0. The molecule has 114 valence electrons. The number of anilines is 1. The Balaban J connectivity index is 1.76. The van der Waals surface area contributed by atoms with Gasteiger partial charge in [-0.15, -0.1) is 0 Å². The van der Waals surface area contributed by atoms with Crippen molar-refractivity contribution in [1.29, 1.82) is 0 Å². The van der Waals surface area contributed by atoms with Crippen LogP contribution in [0.4, 0.5) is 5.69 Å². The number of ketones is 1. The van der Waals surface area contributed by atoms with Crippen molar-refractivity contribution in [1.82, 2.24) is 0 Å². The molecule has 0 aliphatic heterocycles. The molecule has 1 N–H and O–H groups in total. The number of fused-ring (bicyclic) bond motifs is 2. The van der Waals surface area contributed by atoms with Crippen LogP contribution in [0.1, 0.15) is 23.7 Å². The van der Waals surface area contributed by atoms with Gasteiger partial charge in [-0.2, -0.15) is 0 Å². The second kappa shape index (κ2) is 5.75. The van der Waals surface area contributed by atoms with Gasteiger partial charge in [-0.05, 0) is 31.4 Å². The van der Waals surface area contributed by atoms with E-state index in [1.807, 2.05) is 12.2 Å². The van der Waals surface area contributed by atoms with Crippen LogP contribution in [0.25, 0.3) is 0 Å². The van der Waals surface area contributed by atoms with Crippen LogP contribution in [0.5, 0.6) is 0 Å². The van der Waals surface area contributed by atoms with Gasteiger partial charge in [-0.25, -0.2) is 0 Å². The van der Waals surface area contributed by atoms with Crippen LogP contribution in [0.15, 0.2) is 36.4 Å². The number of allylic oxidation sites excluding steroid dienone is 1. The average molecular weight is 299 g/mol. The number of rotatable bonds is 5. The van der Waals surface area contributed by atoms with Gasteiger partial charge < -0.3 is 10.1 Å². The smallest absolute Gasteiger partial charge is 0.293 e. The van der Waals surface area contributed by atoms with E-state index >= 15 is 0 Å². The summed E-state index contributed by atoms with van der Waals surface area (Å²) in [6, 6.07) is 6.82. The highest BCUT2D eigenvalue weighted by molar-refractivity contribution is 5.98. The molecular weight excluding hydrogens is 282 g/mol. The molecule has 4 atom stereocenters. The number of hydrogen-bond acceptors (Lipinski definition) is 4. The first-order chi connectivity index (χ1) is 10.6. The summed E-state index contributed by atoms with van der Waals surface area (Å²) in [5.41, 5.74) is 1.13. The van der Waals surface area contributed by atoms with Crippen molar-refractivity contribution in [3.05, 3.63) is 42.0 Å². The minimum absolute atomic E-state index is 0.0545. The fraction of sp³-hybridized carbons (Fsp3) is 0.353. The lowest BCUT2D eigenvalue weighted by molar-refractivity contribution is -0.140. The predicted molar refractivity (Wildman–Crippen MR) is 80.2 cm³/mol. The van der Waals surface area contributed by atoms with Crippen molar-refractivity contribution in [2.45, 2.75) is 19.4 Å². The van der Waals surface area contributed by atoms with E-state index in [0.29, 0.717) is 17.7 Å². The molecule has 0 aromatic heterocycles. The van der Waals surface area contributed by atoms with Gasteiger partial charge in [0.05, 0.1) is 5.92 Å². The minimum atomic E-state index is -0.400. The topological polar surface area (TPSA) is 72.5 Å². The van der Waals surface area contributed by atoms with E-state index in [2.05, 4.69) is 5.32 Å². The van der Waals surface area contributed by atoms with E-state index in [4.69, 9.17) is 4.74 Å². The number of carbonyl (C=O) groups is 3. The molecule has 2 bridgehead atoms. The third kappa shape index (κ3) is 2.54. The third-order valence-corrected chi connectivity index (χ3v) is 4.44. The zero-order chi connectivity index (χ0) is 15.7. The molecule has 1 amide bonds. The van der Waals surface area contributed by atoms with E-state index in [9.17, 15) is 14.4 Å². The third-order valence-electron chi connectivity index (χ3n) is 4.44. The molecule has 1 aromatic carbocycles. The summed E-state index contributed by atoms with van der Waals surface area (Å²) in [5.74, 6) is -0.382. The van der Waals surface area contributed by atoms with Gasteiger partial charge in [-0.3, -0.25) is 14.4 Å². The number of carbonyl (C=O) groups excluding carboxylic acids is 3. The Kier molecular flexibility index (Phi) is 3.79. The Morgan fingerprint density at radius 1 is 1.27 bits per heavy atom. The van der Waals surface area contributed by atoms with E-state index in [1.54, 1.807) is 24.3 Å². The molecule has 1 fully saturated rings. The second-order valence-electron chi connectivity index (χ2n) is 5.80. The monoisotopic (exact) mass is 299 g/mol. The number of Topliss-reactive ketones (excluding diaryl/α,β-unsaturated/α-hetero) is 1. The van der Waals surface area contributed by atoms with Crippen LogP contribution >= 0.6 is 0 Å². The van der Waals surface area contributed by atoms with Crippen LogP contribution < -0.4 is 5.32 Å². The molecular formula is C17H17NO4. The summed E-state index contributed by atoms with van der Waals surface area (Å²) in [5, 5.41) is 2.83. The van der Waals surface area contributed by atoms with E-state index in [1.165, 1.54) is 6.92 Å². The Morgan fingerprint density at radius 3 is 2.77 bits per heavy atom. The highest BCUT2D eigenvalue weighted by Crippen LogP contribution is 2.45. The van der Waals surface area contributed by atoms with Crippen molar-refractivity contribution in [2.75, 3.05) is 5.32 Å². The van der Waals surface area contributed by atoms with Crippen molar-refractivity contribution >= 4 is 23.9 Å². The summed E-state index contributed by atoms with van der Waals surface area (Å²) in [6.45, 7) is 1.89. The zero-order valence-corrected chi connectivity index (χ0v) is 12.2. The number of ether oxygens (including phenoxy) is 1. The molecule has 0 radical (unpaired) electrons. The average Bonchev–Trinajstić information content (AvgIpc) is 3.09. The van der Waals surface area contributed by atoms with Crippen molar-refractivity contribution in [2.24, 2.45) is 17.8 Å². The van der Waals surface area contributed by atoms with Gasteiger partial charge in [0.1, 0.15) is 6.10 Å². The molecule has 0 unspecified atom stereocenters. The maximum absolute atomic E-state index is 12.5. The summed E-state index contributed by atoms with van der Waals surface area (Å²) in [4.78, 5) is 34.6. The summed E-state index contributed by atoms with van der Waals surface area (Å²) in [6.07, 6.45) is 4.47. The molecule has 1 saturated carbocycles. The molecule has 0 spiro atoms. The number of benzene rings is 1. The fourth-order valence-electron chi connectivity index (χ4n) is 3.41. The van der Waals surface area contributed by atoms with Gasteiger partial charge >= 0.3 is 0 Å². The first-order valence-corrected chi connectivity index (χ1v) is 7.29. The number of nitrogens with one attached hydrogen (secondary N) is 1. The highest BCUT2D eigenvalue weighted by atomic mass is 16.5. The van der Waals surface area contributed by atoms with Crippen molar-refractivity contribution in [3.8, 4) is 0 Å². The lowest BCUT2D eigenvalue weighted by atomic mass is 9.90. The molecule has 5 nitrogen and oxygen atoms in total. The lowest BCUT2D eigenvalue weighted by Crippen LogP contribution is -2.37. The molecule has 1 aromatic rings. The molecule has 3 rings (SSSR count). The highest BCUT2D eigenvalue weighted by Gasteiger charge is 2.49. The normalized spacial score (nSPS) is 28.4. The Bertz CT molecular complexity index is 652. The Morgan fingerprint density at radius 2 is 2.05 bits per heavy atom. The fourth-order valence-corrected chi connectivity index (χ4v) is 3.41. The van der Waals surface area contributed by atoms with Crippen LogP contribution in [-0.4, -0.2) is 24.3 Å². The quantitative estimate of drug-likeness (QED) is 0.514. The first-order valence-electron chi connectivity index (χ1n) is 7.29. The summed E-state index contributed by atoms with van der Waals surface area (Å²) >= 11 is 0.